The molecule has 0 aliphatic carbocycles. The average molecular weight is 1590 g/mol. The lowest BCUT2D eigenvalue weighted by Gasteiger charge is -2.39. The van der Waals surface area contributed by atoms with Gasteiger partial charge in [-0.3, -0.25) is 20.9 Å². The Balaban J connectivity index is -0.000000139. The number of carboxylic acids is 2. The first-order valence-corrected chi connectivity index (χ1v) is 33.8. The Morgan fingerprint density at radius 1 is 0.417 bits per heavy atom. The van der Waals surface area contributed by atoms with Gasteiger partial charge in [0.1, 0.15) is 30.5 Å². The quantitative estimate of drug-likeness (QED) is 0.0359. The smallest absolute Gasteiger partial charge is 0.218 e. The number of ether oxygens (including phenoxy) is 6. The summed E-state index contributed by atoms with van der Waals surface area (Å²) in [5, 5.41) is 74.0. The van der Waals surface area contributed by atoms with Crippen LogP contribution in [0.2, 0.25) is 0 Å². The normalized spacial score (nSPS) is 28.3. The van der Waals surface area contributed by atoms with Crippen molar-refractivity contribution in [2.75, 3.05) is 67.1 Å². The molecule has 0 bridgehead atoms. The van der Waals surface area contributed by atoms with E-state index < -0.39 is 238 Å². The molecule has 5 saturated heterocycles. The van der Waals surface area contributed by atoms with Gasteiger partial charge in [-0.05, 0) is 0 Å². The molecule has 52 nitrogen and oxygen atoms in total. The van der Waals surface area contributed by atoms with Crippen molar-refractivity contribution in [3.05, 3.63) is 0 Å². The minimum atomic E-state index is -5.24. The summed E-state index contributed by atoms with van der Waals surface area (Å²) in [6.45, 7) is -4.12. The van der Waals surface area contributed by atoms with Gasteiger partial charge in [-0.2, -0.15) is 0 Å². The van der Waals surface area contributed by atoms with E-state index in [-0.39, 0.29) is 84.1 Å². The Labute approximate surface area is 552 Å². The van der Waals surface area contributed by atoms with Gasteiger partial charge in [0.2, 0.25) is 52.0 Å². The van der Waals surface area contributed by atoms with Crippen molar-refractivity contribution in [2.24, 2.45) is 0 Å². The second kappa shape index (κ2) is 49.0. The third-order valence-corrected chi connectivity index (χ3v) is 14.6. The van der Waals surface area contributed by atoms with Crippen LogP contribution < -0.4 is 24.4 Å². The fourth-order valence-electron chi connectivity index (χ4n) is 6.94. The maximum Gasteiger partial charge on any atom is 0.218 e. The summed E-state index contributed by atoms with van der Waals surface area (Å²) in [4.78, 5) is 20.5. The van der Waals surface area contributed by atoms with Gasteiger partial charge in [0.25, 0.3) is 0 Å². The lowest BCUT2D eigenvalue weighted by Crippen LogP contribution is -2.60. The summed E-state index contributed by atoms with van der Waals surface area (Å²) in [5.74, 6) is -2.87. The third kappa shape index (κ3) is 52.3. The molecule has 0 spiro atoms. The highest BCUT2D eigenvalue weighted by Crippen LogP contribution is 2.23. The van der Waals surface area contributed by atoms with Crippen molar-refractivity contribution in [3.63, 3.8) is 0 Å². The second-order valence-corrected chi connectivity index (χ2v) is 25.8. The molecular weight excluding hydrogens is 1510 g/mol. The monoisotopic (exact) mass is 1590 g/mol. The highest BCUT2D eigenvalue weighted by molar-refractivity contribution is 7.84. The van der Waals surface area contributed by atoms with Crippen LogP contribution >= 0.6 is 0 Å². The first-order chi connectivity index (χ1) is 39.8. The zero-order valence-electron chi connectivity index (χ0n) is 46.1. The summed E-state index contributed by atoms with van der Waals surface area (Å²) in [6.07, 6.45) is -17.1. The molecule has 5 aliphatic rings. The first kappa shape index (κ1) is 112. The molecular formula is C36H79N3O49S8-10. The molecule has 5 aliphatic heterocycles. The number of carbonyl (C=O) groups excluding carboxylic acids is 2. The van der Waals surface area contributed by atoms with Crippen LogP contribution in [0.25, 0.3) is 0 Å². The molecule has 0 amide bonds. The van der Waals surface area contributed by atoms with Gasteiger partial charge in [0.05, 0.1) is 132 Å². The number of rotatable bonds is 22. The highest BCUT2D eigenvalue weighted by atomic mass is 32.3. The van der Waals surface area contributed by atoms with Gasteiger partial charge in [-0.25, -0.2) is 81.5 Å². The number of nitrogens with one attached hydrogen (secondary N) is 3. The molecule has 0 aromatic heterocycles. The number of aliphatic hydroxyl groups is 6. The number of hydrogen-bond acceptors (Lipinski definition) is 45. The molecule has 5 rings (SSSR count). The highest BCUT2D eigenvalue weighted by Gasteiger charge is 2.41. The van der Waals surface area contributed by atoms with E-state index in [4.69, 9.17) is 34.3 Å². The van der Waals surface area contributed by atoms with Crippen molar-refractivity contribution in [1.29, 1.82) is 0 Å². The molecule has 0 aromatic carbocycles. The minimum Gasteiger partial charge on any atom is -0.735 e. The Hall–Kier alpha value is -2.74. The summed E-state index contributed by atoms with van der Waals surface area (Å²) in [6, 6.07) is -3.87. The van der Waals surface area contributed by atoms with E-state index in [0.29, 0.717) is 0 Å². The minimum absolute atomic E-state index is 0. The zero-order valence-corrected chi connectivity index (χ0v) is 52.6. The van der Waals surface area contributed by atoms with Crippen LogP contribution in [0.4, 0.5) is 0 Å². The SMILES string of the molecule is C.C.C.C.CO.CO[C@@H]1C(COS(=O)(=O)[O-])OCC(NS(=O)(=O)[O-])[C@@H]1O.O.O.O.O.O=C([O-])C1C[C@@H](O)C(O)CO1.O=C([O-])C1C[C@@H](O)C(OS(=O)(=O)[O-])CO1.O=S(=O)([O-])NC1COC(COS(=O)(=O)[O-])C[C@H]1O.O=S(=O)([O-])NC1COC(COS(=O)(=O)[O-])C[C@H]1OS(=O)(=O)[O-]. The van der Waals surface area contributed by atoms with E-state index in [9.17, 15) is 139 Å². The van der Waals surface area contributed by atoms with Crippen LogP contribution in [0.5, 0.6) is 0 Å². The van der Waals surface area contributed by atoms with E-state index in [1.165, 1.54) is 4.72 Å². The molecule has 0 radical (unpaired) electrons. The Morgan fingerprint density at radius 3 is 1.11 bits per heavy atom. The predicted octanol–water partition coefficient (Wildman–Crippen LogP) is -17.0. The molecule has 0 aromatic rings. The van der Waals surface area contributed by atoms with Gasteiger partial charge >= 0.3 is 0 Å². The average Bonchev–Trinajstić information content (AvgIpc) is 0.982. The number of methoxy groups -OCH3 is 1. The van der Waals surface area contributed by atoms with Crippen molar-refractivity contribution < 1.29 is 225 Å². The third-order valence-electron chi connectivity index (χ3n) is 10.6. The van der Waals surface area contributed by atoms with Crippen molar-refractivity contribution in [1.82, 2.24) is 14.2 Å². The molecule has 96 heavy (non-hydrogen) atoms. The molecule has 10 unspecified atom stereocenters. The number of carboxylic acid groups (broad SMARTS) is 2. The predicted molar refractivity (Wildman–Crippen MR) is 293 cm³/mol. The van der Waals surface area contributed by atoms with Crippen LogP contribution in [-0.2, 0) is 142 Å². The van der Waals surface area contributed by atoms with Gasteiger partial charge in [0, 0.05) is 39.9 Å². The molecule has 590 valence electrons. The van der Waals surface area contributed by atoms with E-state index in [0.717, 1.165) is 14.2 Å². The number of hydrogen-bond donors (Lipinski definition) is 9. The van der Waals surface area contributed by atoms with Gasteiger partial charge in [-0.15, -0.1) is 0 Å². The zero-order chi connectivity index (χ0) is 68.8. The van der Waals surface area contributed by atoms with Gasteiger partial charge in [0.15, 0.2) is 30.9 Å². The number of aliphatic hydroxyl groups excluding tert-OH is 6. The van der Waals surface area contributed by atoms with E-state index >= 15 is 0 Å². The van der Waals surface area contributed by atoms with E-state index in [1.807, 2.05) is 0 Å². The lowest BCUT2D eigenvalue weighted by molar-refractivity contribution is -0.322. The Bertz CT molecular complexity index is 3090. The molecule has 60 heteroatoms. The van der Waals surface area contributed by atoms with Crippen molar-refractivity contribution >= 4 is 94.8 Å². The van der Waals surface area contributed by atoms with Crippen LogP contribution in [0.1, 0.15) is 55.4 Å². The summed E-state index contributed by atoms with van der Waals surface area (Å²) in [7, 11) is -37.4. The Kier molecular flexibility index (Phi) is 57.0. The molecule has 16 atom stereocenters. The molecule has 5 heterocycles. The fraction of sp³-hybridized carbons (Fsp3) is 0.944. The van der Waals surface area contributed by atoms with Crippen molar-refractivity contribution in [3.8, 4) is 0 Å². The maximum atomic E-state index is 10.6. The van der Waals surface area contributed by atoms with Crippen LogP contribution in [0.3, 0.4) is 0 Å². The van der Waals surface area contributed by atoms with Gasteiger partial charge in [-0.1, -0.05) is 29.7 Å². The van der Waals surface area contributed by atoms with Crippen LogP contribution in [0.15, 0.2) is 0 Å². The molecule has 0 saturated carbocycles. The maximum absolute atomic E-state index is 10.6. The second-order valence-electron chi connectivity index (χ2n) is 17.2. The van der Waals surface area contributed by atoms with Crippen LogP contribution in [0, 0.1) is 0 Å². The molecule has 5 fully saturated rings. The lowest BCUT2D eigenvalue weighted by atomic mass is 9.99. The largest absolute Gasteiger partial charge is 0.735 e. The van der Waals surface area contributed by atoms with Crippen LogP contribution in [-0.4, -0.2) is 333 Å². The standard InChI is InChI=1S/C7H15NO10S2.C6H13NO12S3.C6H13NO9S2.C6H10O8S.C6H10O5.CH4O.4CH4.4H2O/c1-16-7-5(3-18-20(13,14)15)17-2-4(6(7)9)8-19(10,11)12;8-20(9,10)7-5-3-17-4(2-18-21(11,12)13)1-6(5)19-22(14,15)16;8-6-1-4(2-16-18(12,13)14)15-3-5(6)7-17(9,10)11;7-3-1-4(6(8)9)13-2-5(3)14-15(10,11)12;7-3-1-5(6(9)10)11-2-4(3)8;1-2;;;;;;;;/h4-9H,2-3H2,1H3,(H,10,11,12)(H,13,14,15);4-7H,1-3H2,(H,8,9,10)(H,11,12,13)(H,14,15,16);4-8H,1-3H2,(H,9,10,11)(H,12,13,14);3-5,7H,1-2H2,(H,8,9)(H,10,11,12);3-5,7-8H,1-2H2,(H,9,10);2H,1H3;4*1H4;4*1H2/p-10/t4?,5?,6-,7+;2*4?,5?,6-;2*3-,4?,5?;;;;;;;;;/m01111........./s1. The number of carbonyl (C=O) groups is 2. The fourth-order valence-corrected chi connectivity index (χ4v) is 10.6. The Morgan fingerprint density at radius 2 is 0.760 bits per heavy atom. The summed E-state index contributed by atoms with van der Waals surface area (Å²) in [5.41, 5.74) is 0. The topological polar surface area (TPSA) is 923 Å². The van der Waals surface area contributed by atoms with E-state index in [2.05, 4.69) is 30.4 Å². The number of aliphatic carboxylic acids is 2. The molecule has 17 N–H and O–H groups in total. The van der Waals surface area contributed by atoms with E-state index in [1.54, 1.807) is 9.44 Å². The van der Waals surface area contributed by atoms with Gasteiger partial charge < -0.3 is 137 Å². The summed E-state index contributed by atoms with van der Waals surface area (Å²) >= 11 is 0. The van der Waals surface area contributed by atoms with Crippen molar-refractivity contribution in [2.45, 2.75) is 153 Å². The first-order valence-electron chi connectivity index (χ1n) is 22.9. The summed E-state index contributed by atoms with van der Waals surface area (Å²) < 4.78 is 303.